The Morgan fingerprint density at radius 2 is 2.62 bits per heavy atom. The van der Waals surface area contributed by atoms with Crippen molar-refractivity contribution < 1.29 is 14.4 Å². The van der Waals surface area contributed by atoms with Gasteiger partial charge in [0, 0.05) is 12.8 Å². The second-order valence-corrected chi connectivity index (χ2v) is 3.03. The van der Waals surface area contributed by atoms with Crippen LogP contribution < -0.4 is 5.73 Å². The van der Waals surface area contributed by atoms with Crippen LogP contribution >= 0.6 is 0 Å². The number of hydrogen-bond donors (Lipinski definition) is 1. The zero-order chi connectivity index (χ0) is 9.68. The lowest BCUT2D eigenvalue weighted by Gasteiger charge is -2.19. The van der Waals surface area contributed by atoms with Gasteiger partial charge in [-0.3, -0.25) is 4.79 Å². The zero-order valence-electron chi connectivity index (χ0n) is 7.66. The van der Waals surface area contributed by atoms with E-state index in [1.165, 1.54) is 0 Å². The summed E-state index contributed by atoms with van der Waals surface area (Å²) in [6.07, 6.45) is 1.71. The highest BCUT2D eigenvalue weighted by molar-refractivity contribution is 5.85. The molecule has 0 saturated carbocycles. The largest absolute Gasteiger partial charge is 0.386 e. The normalized spacial score (nSPS) is 25.9. The topological polar surface area (TPSA) is 73.9 Å². The van der Waals surface area contributed by atoms with Gasteiger partial charge >= 0.3 is 0 Å². The van der Waals surface area contributed by atoms with Gasteiger partial charge in [0.2, 0.25) is 0 Å². The summed E-state index contributed by atoms with van der Waals surface area (Å²) in [5.74, 6) is -0.510. The van der Waals surface area contributed by atoms with Crippen molar-refractivity contribution in [1.29, 1.82) is 0 Å². The minimum atomic E-state index is -0.510. The van der Waals surface area contributed by atoms with Gasteiger partial charge < -0.3 is 15.3 Å². The molecule has 5 heteroatoms. The number of primary amides is 1. The molecule has 13 heavy (non-hydrogen) atoms. The number of ether oxygens (including phenoxy) is 1. The van der Waals surface area contributed by atoms with E-state index in [9.17, 15) is 4.79 Å². The van der Waals surface area contributed by atoms with E-state index in [2.05, 4.69) is 5.16 Å². The van der Waals surface area contributed by atoms with Gasteiger partial charge in [0.25, 0.3) is 5.91 Å². The Bertz CT molecular complexity index is 215. The lowest BCUT2D eigenvalue weighted by Crippen LogP contribution is -2.24. The second-order valence-electron chi connectivity index (χ2n) is 3.03. The molecular weight excluding hydrogens is 172 g/mol. The minimum absolute atomic E-state index is 0.154. The fourth-order valence-electron chi connectivity index (χ4n) is 1.14. The van der Waals surface area contributed by atoms with Gasteiger partial charge in [-0.1, -0.05) is 5.16 Å². The molecule has 0 aromatic carbocycles. The second kappa shape index (κ2) is 4.81. The van der Waals surface area contributed by atoms with Gasteiger partial charge in [-0.2, -0.15) is 0 Å². The summed E-state index contributed by atoms with van der Waals surface area (Å²) in [5.41, 5.74) is 5.81. The van der Waals surface area contributed by atoms with Crippen molar-refractivity contribution in [3.8, 4) is 0 Å². The number of carbonyl (C=O) groups excluding carboxylic acids is 1. The zero-order valence-corrected chi connectivity index (χ0v) is 7.66. The molecular formula is C8H14N2O3. The molecule has 2 N–H and O–H groups in total. The van der Waals surface area contributed by atoms with Gasteiger partial charge in [0.15, 0.2) is 6.61 Å². The van der Waals surface area contributed by atoms with Crippen LogP contribution in [0.2, 0.25) is 0 Å². The Balaban J connectivity index is 2.28. The molecule has 1 aliphatic rings. The summed E-state index contributed by atoms with van der Waals surface area (Å²) in [5, 5.41) is 3.81. The van der Waals surface area contributed by atoms with Crippen LogP contribution in [0.1, 0.15) is 19.8 Å². The average molecular weight is 186 g/mol. The smallest absolute Gasteiger partial charge is 0.258 e. The van der Waals surface area contributed by atoms with Gasteiger partial charge in [-0.05, 0) is 6.92 Å². The summed E-state index contributed by atoms with van der Waals surface area (Å²) in [7, 11) is 0. The van der Waals surface area contributed by atoms with E-state index in [4.69, 9.17) is 15.3 Å². The maximum Gasteiger partial charge on any atom is 0.258 e. The van der Waals surface area contributed by atoms with Crippen molar-refractivity contribution in [2.24, 2.45) is 10.9 Å². The standard InChI is InChI=1S/C8H14N2O3/c1-6-4-7(2-3-12-6)10-13-5-8(9)11/h6H,2-5H2,1H3,(H2,9,11)/b10-7-. The van der Waals surface area contributed by atoms with Gasteiger partial charge in [-0.15, -0.1) is 0 Å². The Hall–Kier alpha value is -1.10. The number of nitrogens with zero attached hydrogens (tertiary/aromatic N) is 1. The highest BCUT2D eigenvalue weighted by Crippen LogP contribution is 2.10. The van der Waals surface area contributed by atoms with Crippen molar-refractivity contribution in [2.45, 2.75) is 25.9 Å². The number of hydrogen-bond acceptors (Lipinski definition) is 4. The number of oxime groups is 1. The van der Waals surface area contributed by atoms with Crippen molar-refractivity contribution in [1.82, 2.24) is 0 Å². The summed E-state index contributed by atoms with van der Waals surface area (Å²) < 4.78 is 5.31. The van der Waals surface area contributed by atoms with Crippen LogP contribution in [0.3, 0.4) is 0 Å². The van der Waals surface area contributed by atoms with Gasteiger partial charge in [0.1, 0.15) is 0 Å². The molecule has 1 fully saturated rings. The van der Waals surface area contributed by atoms with Crippen LogP contribution in [0.5, 0.6) is 0 Å². The van der Waals surface area contributed by atoms with E-state index in [1.54, 1.807) is 0 Å². The molecule has 0 aromatic heterocycles. The number of carbonyl (C=O) groups is 1. The number of rotatable bonds is 3. The van der Waals surface area contributed by atoms with Gasteiger partial charge in [0.05, 0.1) is 18.4 Å². The van der Waals surface area contributed by atoms with Crippen LogP contribution in [-0.2, 0) is 14.4 Å². The maximum absolute atomic E-state index is 10.3. The first-order valence-corrected chi connectivity index (χ1v) is 4.26. The predicted octanol–water partition coefficient (Wildman–Crippen LogP) is 0.0432. The minimum Gasteiger partial charge on any atom is -0.386 e. The Labute approximate surface area is 76.9 Å². The Morgan fingerprint density at radius 1 is 1.85 bits per heavy atom. The van der Waals surface area contributed by atoms with Crippen LogP contribution in [0.15, 0.2) is 5.16 Å². The Morgan fingerprint density at radius 3 is 3.23 bits per heavy atom. The number of amides is 1. The molecule has 0 spiro atoms. The molecule has 1 atom stereocenters. The first-order chi connectivity index (χ1) is 6.18. The molecule has 1 rings (SSSR count). The average Bonchev–Trinajstić information content (AvgIpc) is 2.03. The quantitative estimate of drug-likeness (QED) is 0.632. The van der Waals surface area contributed by atoms with E-state index >= 15 is 0 Å². The van der Waals surface area contributed by atoms with E-state index < -0.39 is 5.91 Å². The fraction of sp³-hybridized carbons (Fsp3) is 0.750. The molecule has 1 unspecified atom stereocenters. The highest BCUT2D eigenvalue weighted by Gasteiger charge is 2.14. The summed E-state index contributed by atoms with van der Waals surface area (Å²) >= 11 is 0. The first kappa shape index (κ1) is 9.98. The summed E-state index contributed by atoms with van der Waals surface area (Å²) in [6, 6.07) is 0. The fourth-order valence-corrected chi connectivity index (χ4v) is 1.14. The van der Waals surface area contributed by atoms with Crippen LogP contribution in [0, 0.1) is 0 Å². The van der Waals surface area contributed by atoms with Crippen molar-refractivity contribution in [3.63, 3.8) is 0 Å². The molecule has 1 amide bonds. The predicted molar refractivity (Wildman–Crippen MR) is 47.2 cm³/mol. The molecule has 1 saturated heterocycles. The van der Waals surface area contributed by atoms with E-state index in [1.807, 2.05) is 6.92 Å². The van der Waals surface area contributed by atoms with Crippen molar-refractivity contribution in [3.05, 3.63) is 0 Å². The highest BCUT2D eigenvalue weighted by atomic mass is 16.6. The summed E-state index contributed by atoms with van der Waals surface area (Å²) in [6.45, 7) is 2.49. The molecule has 1 aliphatic heterocycles. The third kappa shape index (κ3) is 3.89. The molecule has 0 bridgehead atoms. The van der Waals surface area contributed by atoms with E-state index in [0.717, 1.165) is 18.6 Å². The monoisotopic (exact) mass is 186 g/mol. The first-order valence-electron chi connectivity index (χ1n) is 4.26. The number of nitrogens with two attached hydrogens (primary N) is 1. The molecule has 74 valence electrons. The SMILES string of the molecule is CC1C/C(=N\OCC(N)=O)CCO1. The lowest BCUT2D eigenvalue weighted by molar-refractivity contribution is -0.122. The van der Waals surface area contributed by atoms with Gasteiger partial charge in [-0.25, -0.2) is 0 Å². The van der Waals surface area contributed by atoms with Crippen molar-refractivity contribution >= 4 is 11.6 Å². The Kier molecular flexibility index (Phi) is 3.70. The van der Waals surface area contributed by atoms with Crippen molar-refractivity contribution in [2.75, 3.05) is 13.2 Å². The molecule has 0 radical (unpaired) electrons. The molecule has 1 heterocycles. The van der Waals surface area contributed by atoms with E-state index in [0.29, 0.717) is 6.61 Å². The van der Waals surface area contributed by atoms with Crippen LogP contribution in [0.4, 0.5) is 0 Å². The third-order valence-corrected chi connectivity index (χ3v) is 1.72. The molecule has 5 nitrogen and oxygen atoms in total. The molecule has 0 aliphatic carbocycles. The lowest BCUT2D eigenvalue weighted by atomic mass is 10.1. The molecule has 0 aromatic rings. The van der Waals surface area contributed by atoms with E-state index in [-0.39, 0.29) is 12.7 Å². The van der Waals surface area contributed by atoms with Crippen LogP contribution in [-0.4, -0.2) is 30.9 Å². The maximum atomic E-state index is 10.3. The summed E-state index contributed by atoms with van der Waals surface area (Å²) in [4.78, 5) is 15.0. The third-order valence-electron chi connectivity index (χ3n) is 1.72. The van der Waals surface area contributed by atoms with Crippen LogP contribution in [0.25, 0.3) is 0 Å².